The minimum absolute atomic E-state index is 0.152. The van der Waals surface area contributed by atoms with Gasteiger partial charge in [-0.1, -0.05) is 39.7 Å². The maximum atomic E-state index is 13.9. The molecule has 2 rings (SSSR count). The molecular weight excluding hydrogens is 390 g/mol. The molecule has 0 aliphatic heterocycles. The van der Waals surface area contributed by atoms with Crippen molar-refractivity contribution in [2.24, 2.45) is 0 Å². The molecule has 0 nitrogen and oxygen atoms in total. The highest BCUT2D eigenvalue weighted by molar-refractivity contribution is 9.11. The Morgan fingerprint density at radius 1 is 1.41 bits per heavy atom. The van der Waals surface area contributed by atoms with Crippen LogP contribution in [0.1, 0.15) is 20.8 Å². The number of hydrogen-bond donors (Lipinski definition) is 0. The van der Waals surface area contributed by atoms with Crippen LogP contribution < -0.4 is 0 Å². The minimum atomic E-state index is -0.363. The normalized spacial score (nSPS) is 12.8. The summed E-state index contributed by atoms with van der Waals surface area (Å²) in [6.07, 6.45) is 0. The molecule has 0 spiro atoms. The Bertz CT molecular complexity index is 534. The quantitative estimate of drug-likeness (QED) is 0.537. The lowest BCUT2D eigenvalue weighted by molar-refractivity contribution is 0.614. The van der Waals surface area contributed by atoms with Gasteiger partial charge in [-0.05, 0) is 40.5 Å². The fraction of sp³-hybridized carbons (Fsp3) is 0.167. The number of halogens is 4. The average molecular weight is 399 g/mol. The molecule has 1 heterocycles. The van der Waals surface area contributed by atoms with Gasteiger partial charge < -0.3 is 0 Å². The van der Waals surface area contributed by atoms with Crippen LogP contribution in [0.3, 0.4) is 0 Å². The van der Waals surface area contributed by atoms with Crippen LogP contribution in [-0.2, 0) is 0 Å². The van der Waals surface area contributed by atoms with Gasteiger partial charge in [-0.25, -0.2) is 4.39 Å². The topological polar surface area (TPSA) is 0 Å². The van der Waals surface area contributed by atoms with Crippen LogP contribution in [0.15, 0.2) is 28.1 Å². The second-order valence-electron chi connectivity index (χ2n) is 3.61. The lowest BCUT2D eigenvalue weighted by atomic mass is 10.1. The molecule has 0 bridgehead atoms. The van der Waals surface area contributed by atoms with Crippen LogP contribution in [0.5, 0.6) is 0 Å². The van der Waals surface area contributed by atoms with Crippen molar-refractivity contribution in [3.05, 3.63) is 54.9 Å². The van der Waals surface area contributed by atoms with E-state index in [-0.39, 0.29) is 15.7 Å². The minimum Gasteiger partial charge on any atom is -0.205 e. The smallest absolute Gasteiger partial charge is 0.146 e. The molecule has 0 radical (unpaired) electrons. The Morgan fingerprint density at radius 2 is 2.12 bits per heavy atom. The summed E-state index contributed by atoms with van der Waals surface area (Å²) >= 11 is 14.4. The van der Waals surface area contributed by atoms with Crippen LogP contribution in [0.2, 0.25) is 5.02 Å². The molecule has 1 atom stereocenters. The van der Waals surface area contributed by atoms with Crippen LogP contribution in [-0.4, -0.2) is 0 Å². The lowest BCUT2D eigenvalue weighted by Crippen LogP contribution is -1.94. The van der Waals surface area contributed by atoms with Gasteiger partial charge in [0.15, 0.2) is 0 Å². The van der Waals surface area contributed by atoms with E-state index in [9.17, 15) is 4.39 Å². The summed E-state index contributed by atoms with van der Waals surface area (Å²) in [6, 6.07) is 7.08. The van der Waals surface area contributed by atoms with E-state index in [0.717, 1.165) is 14.2 Å². The Labute approximate surface area is 125 Å². The third kappa shape index (κ3) is 2.75. The molecule has 1 aromatic heterocycles. The number of aryl methyl sites for hydroxylation is 1. The first-order valence-electron chi connectivity index (χ1n) is 4.84. The van der Waals surface area contributed by atoms with E-state index in [1.165, 1.54) is 0 Å². The fourth-order valence-electron chi connectivity index (χ4n) is 1.48. The van der Waals surface area contributed by atoms with Crippen LogP contribution in [0, 0.1) is 12.7 Å². The van der Waals surface area contributed by atoms with Gasteiger partial charge >= 0.3 is 0 Å². The van der Waals surface area contributed by atoms with Gasteiger partial charge in [-0.2, -0.15) is 0 Å². The Kier molecular flexibility index (Phi) is 4.29. The summed E-state index contributed by atoms with van der Waals surface area (Å²) in [5.41, 5.74) is 1.71. The van der Waals surface area contributed by atoms with Gasteiger partial charge in [-0.15, -0.1) is 11.3 Å². The van der Waals surface area contributed by atoms with Crippen molar-refractivity contribution in [2.75, 3.05) is 0 Å². The van der Waals surface area contributed by atoms with Gasteiger partial charge in [-0.3, -0.25) is 0 Å². The Balaban J connectivity index is 2.43. The zero-order valence-corrected chi connectivity index (χ0v) is 13.6. The van der Waals surface area contributed by atoms with E-state index < -0.39 is 0 Å². The van der Waals surface area contributed by atoms with Crippen LogP contribution in [0.4, 0.5) is 4.39 Å². The Morgan fingerprint density at radius 3 is 2.71 bits per heavy atom. The van der Waals surface area contributed by atoms with Crippen molar-refractivity contribution in [3.8, 4) is 0 Å². The molecule has 2 aromatic rings. The zero-order chi connectivity index (χ0) is 12.6. The van der Waals surface area contributed by atoms with Crippen molar-refractivity contribution < 1.29 is 4.39 Å². The highest BCUT2D eigenvalue weighted by Crippen LogP contribution is 2.40. The van der Waals surface area contributed by atoms with Crippen molar-refractivity contribution in [3.63, 3.8) is 0 Å². The first-order valence-corrected chi connectivity index (χ1v) is 7.75. The fourth-order valence-corrected chi connectivity index (χ4v) is 3.99. The number of alkyl halides is 1. The molecule has 0 saturated carbocycles. The molecule has 0 aliphatic carbocycles. The highest BCUT2D eigenvalue weighted by atomic mass is 79.9. The molecule has 17 heavy (non-hydrogen) atoms. The van der Waals surface area contributed by atoms with Gasteiger partial charge in [0.1, 0.15) is 5.82 Å². The summed E-state index contributed by atoms with van der Waals surface area (Å²) in [7, 11) is 0. The molecule has 0 fully saturated rings. The van der Waals surface area contributed by atoms with Gasteiger partial charge in [0.2, 0.25) is 0 Å². The van der Waals surface area contributed by atoms with E-state index in [1.807, 2.05) is 13.0 Å². The summed E-state index contributed by atoms with van der Waals surface area (Å²) in [5.74, 6) is -0.363. The Hall–Kier alpha value is 0.1000. The van der Waals surface area contributed by atoms with Crippen LogP contribution >= 0.6 is 54.8 Å². The molecular formula is C12H8Br2ClFS. The summed E-state index contributed by atoms with van der Waals surface area (Å²) in [4.78, 5) is 0.881. The molecule has 5 heteroatoms. The van der Waals surface area contributed by atoms with Crippen molar-refractivity contribution in [1.29, 1.82) is 0 Å². The molecule has 1 unspecified atom stereocenters. The summed E-state index contributed by atoms with van der Waals surface area (Å²) in [6.45, 7) is 2.01. The summed E-state index contributed by atoms with van der Waals surface area (Å²) < 4.78 is 14.9. The first-order chi connectivity index (χ1) is 8.00. The zero-order valence-electron chi connectivity index (χ0n) is 8.81. The number of benzene rings is 1. The molecule has 90 valence electrons. The number of rotatable bonds is 2. The molecule has 0 aliphatic rings. The van der Waals surface area contributed by atoms with Crippen molar-refractivity contribution in [2.45, 2.75) is 11.8 Å². The number of thiophene rings is 1. The molecule has 0 amide bonds. The lowest BCUT2D eigenvalue weighted by Gasteiger charge is -2.09. The van der Waals surface area contributed by atoms with E-state index >= 15 is 0 Å². The van der Waals surface area contributed by atoms with E-state index in [2.05, 4.69) is 31.9 Å². The second kappa shape index (κ2) is 5.39. The van der Waals surface area contributed by atoms with Gasteiger partial charge in [0.25, 0.3) is 0 Å². The molecule has 0 N–H and O–H groups in total. The first kappa shape index (κ1) is 13.5. The maximum absolute atomic E-state index is 13.9. The summed E-state index contributed by atoms with van der Waals surface area (Å²) in [5, 5.41) is 0.152. The predicted molar refractivity (Wildman–Crippen MR) is 78.9 cm³/mol. The third-order valence-corrected chi connectivity index (χ3v) is 6.16. The van der Waals surface area contributed by atoms with E-state index in [4.69, 9.17) is 11.6 Å². The van der Waals surface area contributed by atoms with Gasteiger partial charge in [0.05, 0.1) is 13.6 Å². The van der Waals surface area contributed by atoms with E-state index in [0.29, 0.717) is 5.56 Å². The standard InChI is InChI=1S/C12H8Br2ClFS/c1-6-5-9(17-12(6)14)10(13)7-3-2-4-8(15)11(7)16/h2-5,10H,1H3. The van der Waals surface area contributed by atoms with Gasteiger partial charge in [0, 0.05) is 10.4 Å². The maximum Gasteiger partial charge on any atom is 0.146 e. The monoisotopic (exact) mass is 396 g/mol. The largest absolute Gasteiger partial charge is 0.205 e. The highest BCUT2D eigenvalue weighted by Gasteiger charge is 2.19. The number of hydrogen-bond acceptors (Lipinski definition) is 1. The molecule has 0 saturated heterocycles. The SMILES string of the molecule is Cc1cc(C(Br)c2cccc(Cl)c2F)sc1Br. The van der Waals surface area contributed by atoms with Crippen molar-refractivity contribution >= 4 is 54.8 Å². The molecule has 1 aromatic carbocycles. The third-order valence-electron chi connectivity index (χ3n) is 2.38. The van der Waals surface area contributed by atoms with E-state index in [1.54, 1.807) is 29.5 Å². The van der Waals surface area contributed by atoms with Crippen molar-refractivity contribution in [1.82, 2.24) is 0 Å². The second-order valence-corrected chi connectivity index (χ2v) is 7.34. The predicted octanol–water partition coefficient (Wildman–Crippen LogP) is 6.10. The average Bonchev–Trinajstić information content (AvgIpc) is 2.62. The van der Waals surface area contributed by atoms with Crippen LogP contribution in [0.25, 0.3) is 0 Å².